The van der Waals surface area contributed by atoms with Crippen LogP contribution in [0.2, 0.25) is 0 Å². The van der Waals surface area contributed by atoms with E-state index in [2.05, 4.69) is 22.8 Å². The molecule has 0 saturated heterocycles. The first kappa shape index (κ1) is 21.8. The number of benzene rings is 3. The van der Waals surface area contributed by atoms with Crippen LogP contribution in [0.15, 0.2) is 83.8 Å². The first-order valence-electron chi connectivity index (χ1n) is 10.5. The Kier molecular flexibility index (Phi) is 6.97. The molecule has 0 aliphatic carbocycles. The Morgan fingerprint density at radius 1 is 1.00 bits per heavy atom. The van der Waals surface area contributed by atoms with Gasteiger partial charge in [0.15, 0.2) is 0 Å². The lowest BCUT2D eigenvalue weighted by Gasteiger charge is -2.27. The molecule has 0 fully saturated rings. The number of ether oxygens (including phenoxy) is 1. The Hall–Kier alpha value is -3.45. The number of thioether (sulfide) groups is 1. The molecule has 0 bridgehead atoms. The summed E-state index contributed by atoms with van der Waals surface area (Å²) in [6.45, 7) is 0. The molecule has 1 aliphatic heterocycles. The zero-order chi connectivity index (χ0) is 22.3. The highest BCUT2D eigenvalue weighted by molar-refractivity contribution is 7.99. The Balaban J connectivity index is 1.48. The van der Waals surface area contributed by atoms with E-state index in [0.717, 1.165) is 23.3 Å². The molecule has 6 nitrogen and oxygen atoms in total. The second-order valence-corrected chi connectivity index (χ2v) is 8.68. The average molecular weight is 448 g/mol. The molecular formula is C25H25N3O3S. The highest BCUT2D eigenvalue weighted by Crippen LogP contribution is 2.36. The lowest BCUT2D eigenvalue weighted by Crippen LogP contribution is -2.38. The number of hydrogen-bond donors (Lipinski definition) is 3. The van der Waals surface area contributed by atoms with E-state index in [0.29, 0.717) is 11.5 Å². The van der Waals surface area contributed by atoms with Crippen molar-refractivity contribution in [3.8, 4) is 11.5 Å². The molecule has 0 radical (unpaired) electrons. The normalized spacial score (nSPS) is 15.8. The summed E-state index contributed by atoms with van der Waals surface area (Å²) in [6.07, 6.45) is 0.936. The molecule has 2 atom stereocenters. The number of primary amides is 1. The Morgan fingerprint density at radius 3 is 2.56 bits per heavy atom. The number of carbonyl (C=O) groups is 2. The summed E-state index contributed by atoms with van der Waals surface area (Å²) in [5.41, 5.74) is 7.28. The van der Waals surface area contributed by atoms with Gasteiger partial charge < -0.3 is 21.1 Å². The Bertz CT molecular complexity index is 1090. The van der Waals surface area contributed by atoms with Crippen molar-refractivity contribution in [3.05, 3.63) is 90.0 Å². The van der Waals surface area contributed by atoms with Crippen molar-refractivity contribution in [2.24, 2.45) is 5.73 Å². The van der Waals surface area contributed by atoms with Gasteiger partial charge in [0, 0.05) is 10.6 Å². The highest BCUT2D eigenvalue weighted by atomic mass is 32.2. The van der Waals surface area contributed by atoms with Crippen LogP contribution in [-0.4, -0.2) is 17.7 Å². The summed E-state index contributed by atoms with van der Waals surface area (Å²) in [4.78, 5) is 25.8. The summed E-state index contributed by atoms with van der Waals surface area (Å²) in [7, 11) is 0. The third-order valence-electron chi connectivity index (χ3n) is 5.24. The second kappa shape index (κ2) is 10.2. The van der Waals surface area contributed by atoms with Crippen LogP contribution in [0.25, 0.3) is 0 Å². The monoisotopic (exact) mass is 447 g/mol. The van der Waals surface area contributed by atoms with E-state index in [1.807, 2.05) is 66.7 Å². The second-order valence-electron chi connectivity index (χ2n) is 7.55. The molecule has 0 spiro atoms. The van der Waals surface area contributed by atoms with Crippen molar-refractivity contribution in [1.29, 1.82) is 0 Å². The number of urea groups is 1. The standard InChI is InChI=1S/C25H25N3O3S/c26-25(30)28-22(17-7-6-10-19(15-17)31-18-8-2-1-3-9-18)16-24(29)27-21-13-14-32-23-12-5-4-11-20(21)23/h1-12,15,21-22H,13-14,16H2,(H,27,29)(H3,26,28,30)/t21-,22+/m1/s1. The van der Waals surface area contributed by atoms with Crippen molar-refractivity contribution in [2.45, 2.75) is 29.8 Å². The number of fused-ring (bicyclic) bond motifs is 1. The van der Waals surface area contributed by atoms with E-state index in [4.69, 9.17) is 10.5 Å². The fourth-order valence-electron chi connectivity index (χ4n) is 3.77. The van der Waals surface area contributed by atoms with Crippen LogP contribution in [0.4, 0.5) is 4.79 Å². The van der Waals surface area contributed by atoms with Gasteiger partial charge in [-0.3, -0.25) is 4.79 Å². The van der Waals surface area contributed by atoms with Gasteiger partial charge in [-0.15, -0.1) is 11.8 Å². The minimum atomic E-state index is -0.684. The molecule has 1 heterocycles. The molecular weight excluding hydrogens is 422 g/mol. The van der Waals surface area contributed by atoms with Crippen LogP contribution in [0.1, 0.15) is 36.1 Å². The Labute approximate surface area is 191 Å². The number of amides is 3. The summed E-state index contributed by atoms with van der Waals surface area (Å²) in [5, 5.41) is 5.82. The number of carbonyl (C=O) groups excluding carboxylic acids is 2. The molecule has 1 aliphatic rings. The van der Waals surface area contributed by atoms with Crippen LogP contribution < -0.4 is 21.1 Å². The summed E-state index contributed by atoms with van der Waals surface area (Å²) in [6, 6.07) is 23.6. The van der Waals surface area contributed by atoms with Crippen LogP contribution >= 0.6 is 11.8 Å². The molecule has 3 aromatic carbocycles. The van der Waals surface area contributed by atoms with E-state index in [1.54, 1.807) is 11.8 Å². The number of nitrogens with two attached hydrogens (primary N) is 1. The maximum atomic E-state index is 12.9. The largest absolute Gasteiger partial charge is 0.457 e. The number of nitrogens with one attached hydrogen (secondary N) is 2. The first-order valence-corrected chi connectivity index (χ1v) is 11.5. The van der Waals surface area contributed by atoms with Gasteiger partial charge in [-0.25, -0.2) is 4.79 Å². The van der Waals surface area contributed by atoms with Gasteiger partial charge in [0.2, 0.25) is 5.91 Å². The van der Waals surface area contributed by atoms with Gasteiger partial charge in [0.1, 0.15) is 11.5 Å². The van der Waals surface area contributed by atoms with E-state index in [1.165, 1.54) is 4.90 Å². The van der Waals surface area contributed by atoms with Gasteiger partial charge >= 0.3 is 6.03 Å². The summed E-state index contributed by atoms with van der Waals surface area (Å²) >= 11 is 1.80. The molecule has 0 aromatic heterocycles. The zero-order valence-electron chi connectivity index (χ0n) is 17.5. The van der Waals surface area contributed by atoms with Gasteiger partial charge in [-0.1, -0.05) is 48.5 Å². The molecule has 3 amide bonds. The third kappa shape index (κ3) is 5.62. The SMILES string of the molecule is NC(=O)N[C@@H](CC(=O)N[C@@H]1CCSc2ccccc21)c1cccc(Oc2ccccc2)c1. The smallest absolute Gasteiger partial charge is 0.312 e. The topological polar surface area (TPSA) is 93.5 Å². The lowest BCUT2D eigenvalue weighted by atomic mass is 10.0. The lowest BCUT2D eigenvalue weighted by molar-refractivity contribution is -0.122. The molecule has 32 heavy (non-hydrogen) atoms. The minimum absolute atomic E-state index is 0.0399. The molecule has 4 rings (SSSR count). The van der Waals surface area contributed by atoms with Gasteiger partial charge in [0.25, 0.3) is 0 Å². The molecule has 0 saturated carbocycles. The minimum Gasteiger partial charge on any atom is -0.457 e. The molecule has 164 valence electrons. The van der Waals surface area contributed by atoms with Crippen LogP contribution in [0, 0.1) is 0 Å². The van der Waals surface area contributed by atoms with E-state index >= 15 is 0 Å². The van der Waals surface area contributed by atoms with E-state index in [9.17, 15) is 9.59 Å². The Morgan fingerprint density at radius 2 is 1.75 bits per heavy atom. The number of para-hydroxylation sites is 1. The van der Waals surface area contributed by atoms with Crippen LogP contribution in [0.3, 0.4) is 0 Å². The highest BCUT2D eigenvalue weighted by Gasteiger charge is 2.24. The van der Waals surface area contributed by atoms with E-state index < -0.39 is 12.1 Å². The number of rotatable bonds is 7. The molecule has 0 unspecified atom stereocenters. The molecule has 3 aromatic rings. The summed E-state index contributed by atoms with van der Waals surface area (Å²) < 4.78 is 5.89. The summed E-state index contributed by atoms with van der Waals surface area (Å²) in [5.74, 6) is 2.12. The third-order valence-corrected chi connectivity index (χ3v) is 6.36. The van der Waals surface area contributed by atoms with E-state index in [-0.39, 0.29) is 18.4 Å². The average Bonchev–Trinajstić information content (AvgIpc) is 2.79. The van der Waals surface area contributed by atoms with Gasteiger partial charge in [-0.2, -0.15) is 0 Å². The fraction of sp³-hybridized carbons (Fsp3) is 0.200. The maximum absolute atomic E-state index is 12.9. The van der Waals surface area contributed by atoms with Crippen molar-refractivity contribution in [1.82, 2.24) is 10.6 Å². The molecule has 7 heteroatoms. The van der Waals surface area contributed by atoms with Crippen molar-refractivity contribution >= 4 is 23.7 Å². The van der Waals surface area contributed by atoms with Crippen molar-refractivity contribution < 1.29 is 14.3 Å². The molecule has 4 N–H and O–H groups in total. The van der Waals surface area contributed by atoms with Crippen molar-refractivity contribution in [2.75, 3.05) is 5.75 Å². The first-order chi connectivity index (χ1) is 15.6. The maximum Gasteiger partial charge on any atom is 0.312 e. The quantitative estimate of drug-likeness (QED) is 0.479. The fourth-order valence-corrected chi connectivity index (χ4v) is 4.90. The predicted molar refractivity (Wildman–Crippen MR) is 126 cm³/mol. The van der Waals surface area contributed by atoms with Crippen molar-refractivity contribution in [3.63, 3.8) is 0 Å². The number of hydrogen-bond acceptors (Lipinski definition) is 4. The zero-order valence-corrected chi connectivity index (χ0v) is 18.3. The van der Waals surface area contributed by atoms with Gasteiger partial charge in [-0.05, 0) is 47.9 Å². The van der Waals surface area contributed by atoms with Gasteiger partial charge in [0.05, 0.1) is 18.5 Å². The van der Waals surface area contributed by atoms with Crippen LogP contribution in [-0.2, 0) is 4.79 Å². The van der Waals surface area contributed by atoms with Crippen LogP contribution in [0.5, 0.6) is 11.5 Å². The predicted octanol–water partition coefficient (Wildman–Crippen LogP) is 4.93.